The molecule has 0 radical (unpaired) electrons. The minimum Gasteiger partial charge on any atom is -0.383 e. The molecule has 0 bridgehead atoms. The molecule has 2 rings (SSSR count). The first-order valence-corrected chi connectivity index (χ1v) is 26.4. The molecule has 0 unspecified atom stereocenters. The van der Waals surface area contributed by atoms with Gasteiger partial charge in [0.25, 0.3) is 0 Å². The minimum absolute atomic E-state index is 0.563. The van der Waals surface area contributed by atoms with Gasteiger partial charge in [0, 0.05) is 18.2 Å². The molecule has 3 nitrogen and oxygen atoms in total. The predicted octanol–water partition coefficient (Wildman–Crippen LogP) is 4.65. The van der Waals surface area contributed by atoms with Crippen LogP contribution in [0.15, 0.2) is 46.4 Å². The van der Waals surface area contributed by atoms with Gasteiger partial charge >= 0.3 is 0 Å². The third-order valence-electron chi connectivity index (χ3n) is 6.32. The van der Waals surface area contributed by atoms with Crippen LogP contribution in [0, 0.1) is 0 Å². The lowest BCUT2D eigenvalue weighted by molar-refractivity contribution is 1.38. The van der Waals surface area contributed by atoms with Gasteiger partial charge in [0.05, 0.1) is 32.3 Å². The molecule has 0 aromatic heterocycles. The first-order valence-electron chi connectivity index (χ1n) is 12.4. The summed E-state index contributed by atoms with van der Waals surface area (Å²) in [5, 5.41) is 5.80. The molecule has 0 aliphatic rings. The van der Waals surface area contributed by atoms with E-state index in [1.165, 1.54) is 20.7 Å². The number of benzene rings is 2. The van der Waals surface area contributed by atoms with Crippen molar-refractivity contribution in [2.75, 3.05) is 7.05 Å². The topological polar surface area (TPSA) is 50.7 Å². The molecule has 2 aromatic rings. The molecule has 0 saturated heterocycles. The maximum Gasteiger partial charge on any atom is 0.156 e. The van der Waals surface area contributed by atoms with Gasteiger partial charge in [-0.2, -0.15) is 0 Å². The van der Waals surface area contributed by atoms with E-state index in [0.717, 1.165) is 17.0 Å². The molecule has 0 saturated carbocycles. The van der Waals surface area contributed by atoms with E-state index in [1.807, 2.05) is 7.05 Å². The molecule has 0 aliphatic heterocycles. The van der Waals surface area contributed by atoms with Crippen molar-refractivity contribution in [2.45, 2.75) is 78.6 Å². The Morgan fingerprint density at radius 3 is 1.09 bits per heavy atom. The lowest BCUT2D eigenvalue weighted by Crippen LogP contribution is -2.46. The summed E-state index contributed by atoms with van der Waals surface area (Å²) in [5.74, 6) is 1.29. The van der Waals surface area contributed by atoms with E-state index >= 15 is 0 Å². The molecular weight excluding hydrogens is 479 g/mol. The lowest BCUT2D eigenvalue weighted by Gasteiger charge is -2.24. The molecular formula is C27H47N3Si4. The van der Waals surface area contributed by atoms with Crippen molar-refractivity contribution < 1.29 is 0 Å². The van der Waals surface area contributed by atoms with Crippen LogP contribution in [0.5, 0.6) is 0 Å². The van der Waals surface area contributed by atoms with Crippen LogP contribution < -0.4 is 26.5 Å². The Kier molecular flexibility index (Phi) is 8.30. The van der Waals surface area contributed by atoms with Crippen LogP contribution in [0.2, 0.25) is 78.6 Å². The van der Waals surface area contributed by atoms with Gasteiger partial charge < -0.3 is 5.73 Å². The Labute approximate surface area is 213 Å². The number of hydrogen-bond acceptors (Lipinski definition) is 1. The van der Waals surface area contributed by atoms with Crippen LogP contribution in [0.1, 0.15) is 11.1 Å². The molecule has 0 amide bonds. The van der Waals surface area contributed by atoms with E-state index in [4.69, 9.17) is 10.7 Å². The lowest BCUT2D eigenvalue weighted by atomic mass is 10.2. The van der Waals surface area contributed by atoms with Crippen LogP contribution in [-0.2, 0) is 0 Å². The first-order chi connectivity index (χ1) is 15.2. The van der Waals surface area contributed by atoms with Crippen molar-refractivity contribution in [1.29, 1.82) is 0 Å². The van der Waals surface area contributed by atoms with Gasteiger partial charge in [-0.05, 0) is 0 Å². The van der Waals surface area contributed by atoms with Gasteiger partial charge in [0.1, 0.15) is 5.84 Å². The normalized spacial score (nSPS) is 14.5. The van der Waals surface area contributed by atoms with Gasteiger partial charge in [-0.1, -0.05) is 136 Å². The Morgan fingerprint density at radius 1 is 0.529 bits per heavy atom. The highest BCUT2D eigenvalue weighted by Crippen LogP contribution is 2.13. The van der Waals surface area contributed by atoms with Gasteiger partial charge in [0.2, 0.25) is 0 Å². The van der Waals surface area contributed by atoms with E-state index in [9.17, 15) is 0 Å². The number of amidine groups is 2. The fourth-order valence-corrected chi connectivity index (χ4v) is 8.68. The molecule has 0 fully saturated rings. The first kappa shape index (κ1) is 28.7. The molecule has 0 atom stereocenters. The zero-order chi connectivity index (χ0) is 26.3. The van der Waals surface area contributed by atoms with E-state index in [0.29, 0.717) is 5.84 Å². The second-order valence-electron chi connectivity index (χ2n) is 13.6. The molecule has 0 heterocycles. The zero-order valence-electron chi connectivity index (χ0n) is 23.9. The Morgan fingerprint density at radius 2 is 0.824 bits per heavy atom. The Bertz CT molecular complexity index is 1040. The quantitative estimate of drug-likeness (QED) is 0.333. The summed E-state index contributed by atoms with van der Waals surface area (Å²) < 4.78 is 0. The fourth-order valence-electron chi connectivity index (χ4n) is 3.69. The van der Waals surface area contributed by atoms with Gasteiger partial charge in [-0.15, -0.1) is 0 Å². The zero-order valence-corrected chi connectivity index (χ0v) is 27.9. The predicted molar refractivity (Wildman–Crippen MR) is 168 cm³/mol. The van der Waals surface area contributed by atoms with Crippen LogP contribution in [0.3, 0.4) is 0 Å². The third-order valence-corrected chi connectivity index (χ3v) is 14.4. The highest BCUT2D eigenvalue weighted by molar-refractivity contribution is 6.92. The number of hydrogen-bond donors (Lipinski definition) is 1. The third kappa shape index (κ3) is 7.23. The van der Waals surface area contributed by atoms with Crippen molar-refractivity contribution >= 4 is 64.7 Å². The van der Waals surface area contributed by atoms with Gasteiger partial charge in [0.15, 0.2) is 5.84 Å². The van der Waals surface area contributed by atoms with Gasteiger partial charge in [-0.25, -0.2) is 4.99 Å². The summed E-state index contributed by atoms with van der Waals surface area (Å²) in [6.45, 7) is 28.8. The van der Waals surface area contributed by atoms with Crippen molar-refractivity contribution in [3.05, 3.63) is 47.5 Å². The molecule has 0 spiro atoms. The maximum absolute atomic E-state index is 6.70. The van der Waals surface area contributed by atoms with Crippen molar-refractivity contribution in [1.82, 2.24) is 0 Å². The number of nitrogens with zero attached hydrogens (tertiary/aromatic N) is 2. The average Bonchev–Trinajstić information content (AvgIpc) is 2.68. The van der Waals surface area contributed by atoms with E-state index in [-0.39, 0.29) is 0 Å². The molecule has 186 valence electrons. The van der Waals surface area contributed by atoms with Crippen molar-refractivity contribution in [3.8, 4) is 0 Å². The fraction of sp³-hybridized carbons (Fsp3) is 0.481. The second kappa shape index (κ2) is 9.83. The van der Waals surface area contributed by atoms with Crippen LogP contribution in [-0.4, -0.2) is 51.0 Å². The van der Waals surface area contributed by atoms with E-state index in [2.05, 4.69) is 120 Å². The minimum atomic E-state index is -1.50. The molecule has 0 aliphatic carbocycles. The second-order valence-corrected chi connectivity index (χ2v) is 34.0. The Hall–Kier alpha value is -1.55. The number of nitrogens with two attached hydrogens (primary N) is 1. The summed E-state index contributed by atoms with van der Waals surface area (Å²) in [6.07, 6.45) is 0. The standard InChI is InChI=1S/C27H47N3Si4/c1-29-27(21-16-24(33(8,9)10)19-25(17-21)34(11,12)13)30-26(28)20-14-22(31(2,3)4)18-23(15-20)32(5,6)7/h14-19H,1-13H3,(H2,28,29,30). The monoisotopic (exact) mass is 525 g/mol. The van der Waals surface area contributed by atoms with E-state index < -0.39 is 32.3 Å². The number of rotatable bonds is 6. The van der Waals surface area contributed by atoms with Crippen molar-refractivity contribution in [3.63, 3.8) is 0 Å². The summed E-state index contributed by atoms with van der Waals surface area (Å²) in [7, 11) is -4.17. The highest BCUT2D eigenvalue weighted by atomic mass is 28.3. The van der Waals surface area contributed by atoms with Gasteiger partial charge in [-0.3, -0.25) is 4.99 Å². The molecule has 34 heavy (non-hydrogen) atoms. The van der Waals surface area contributed by atoms with Crippen LogP contribution in [0.25, 0.3) is 0 Å². The Balaban J connectivity index is 2.70. The molecule has 2 N–H and O–H groups in total. The van der Waals surface area contributed by atoms with Crippen LogP contribution in [0.4, 0.5) is 0 Å². The number of aliphatic imine (C=N–C) groups is 2. The summed E-state index contributed by atoms with van der Waals surface area (Å²) in [5.41, 5.74) is 8.82. The summed E-state index contributed by atoms with van der Waals surface area (Å²) in [4.78, 5) is 9.54. The molecule has 2 aromatic carbocycles. The highest BCUT2D eigenvalue weighted by Gasteiger charge is 2.25. The smallest absolute Gasteiger partial charge is 0.156 e. The SMILES string of the molecule is CN=C(N=C(N)c1cc([Si](C)(C)C)cc([Si](C)(C)C)c1)c1cc([Si](C)(C)C)cc([Si](C)(C)C)c1. The van der Waals surface area contributed by atoms with Crippen molar-refractivity contribution in [2.24, 2.45) is 15.7 Å². The van der Waals surface area contributed by atoms with E-state index in [1.54, 1.807) is 0 Å². The van der Waals surface area contributed by atoms with Crippen LogP contribution >= 0.6 is 0 Å². The summed E-state index contributed by atoms with van der Waals surface area (Å²) in [6, 6.07) is 14.0. The summed E-state index contributed by atoms with van der Waals surface area (Å²) >= 11 is 0. The average molecular weight is 526 g/mol. The largest absolute Gasteiger partial charge is 0.383 e. The maximum atomic E-state index is 6.70. The molecule has 7 heteroatoms.